The van der Waals surface area contributed by atoms with E-state index in [2.05, 4.69) is 6.92 Å². The first kappa shape index (κ1) is 16.8. The third-order valence-electron chi connectivity index (χ3n) is 3.32. The van der Waals surface area contributed by atoms with E-state index in [0.717, 1.165) is 19.0 Å². The molecule has 2 rings (SSSR count). The lowest BCUT2D eigenvalue weighted by Crippen LogP contribution is -2.36. The Morgan fingerprint density at radius 3 is 2.25 bits per heavy atom. The molecule has 0 radical (unpaired) electrons. The van der Waals surface area contributed by atoms with E-state index in [-0.39, 0.29) is 5.91 Å². The summed E-state index contributed by atoms with van der Waals surface area (Å²) in [7, 11) is 0. The molecule has 1 saturated heterocycles. The fourth-order valence-corrected chi connectivity index (χ4v) is 2.04. The Balaban J connectivity index is 0.000000200. The van der Waals surface area contributed by atoms with Gasteiger partial charge < -0.3 is 4.90 Å². The van der Waals surface area contributed by atoms with Crippen molar-refractivity contribution >= 4 is 23.2 Å². The van der Waals surface area contributed by atoms with Gasteiger partial charge in [0.25, 0.3) is 0 Å². The van der Waals surface area contributed by atoms with Crippen LogP contribution in [0.5, 0.6) is 0 Å². The molecule has 0 saturated carbocycles. The topological polar surface area (TPSA) is 69.8 Å². The van der Waals surface area contributed by atoms with Crippen LogP contribution in [0, 0.1) is 5.92 Å². The summed E-state index contributed by atoms with van der Waals surface area (Å²) in [6, 6.07) is 6.52. The molecule has 20 heavy (non-hydrogen) atoms. The van der Waals surface area contributed by atoms with Crippen molar-refractivity contribution in [3.05, 3.63) is 29.3 Å². The lowest BCUT2D eigenvalue weighted by molar-refractivity contribution is -0.130. The van der Waals surface area contributed by atoms with Gasteiger partial charge in [-0.2, -0.15) is 5.17 Å². The van der Waals surface area contributed by atoms with E-state index in [9.17, 15) is 4.79 Å². The van der Waals surface area contributed by atoms with Crippen molar-refractivity contribution in [2.24, 2.45) is 11.8 Å². The minimum Gasteiger partial charge on any atom is -0.343 e. The number of hydrogen-bond donors (Lipinski definition) is 2. The monoisotopic (exact) mass is 299 g/mol. The molecule has 1 aliphatic rings. The SMILES string of the molecule is CC(=O)N1CCC(C)CC1.NN(O)c1ccc(Cl)cc1. The van der Waals surface area contributed by atoms with Crippen molar-refractivity contribution in [3.8, 4) is 0 Å². The van der Waals surface area contributed by atoms with Gasteiger partial charge in [0.05, 0.1) is 5.69 Å². The third-order valence-corrected chi connectivity index (χ3v) is 3.57. The van der Waals surface area contributed by atoms with Crippen LogP contribution in [0.4, 0.5) is 5.69 Å². The summed E-state index contributed by atoms with van der Waals surface area (Å²) in [4.78, 5) is 12.8. The van der Waals surface area contributed by atoms with Crippen molar-refractivity contribution in [3.63, 3.8) is 0 Å². The summed E-state index contributed by atoms with van der Waals surface area (Å²) in [6.45, 7) is 5.83. The molecule has 1 heterocycles. The second-order valence-electron chi connectivity index (χ2n) is 5.01. The number of carbonyl (C=O) groups excluding carboxylic acids is 1. The number of hydrazine groups is 1. The number of nitrogens with two attached hydrogens (primary N) is 1. The zero-order valence-electron chi connectivity index (χ0n) is 11.9. The van der Waals surface area contributed by atoms with Crippen molar-refractivity contribution < 1.29 is 10.0 Å². The number of piperidine rings is 1. The number of amides is 1. The van der Waals surface area contributed by atoms with E-state index < -0.39 is 0 Å². The molecule has 112 valence electrons. The van der Waals surface area contributed by atoms with Gasteiger partial charge in [-0.3, -0.25) is 10.0 Å². The first-order chi connectivity index (χ1) is 9.40. The van der Waals surface area contributed by atoms with E-state index in [1.54, 1.807) is 31.2 Å². The summed E-state index contributed by atoms with van der Waals surface area (Å²) in [5, 5.41) is 9.84. The number of nitrogens with zero attached hydrogens (tertiary/aromatic N) is 2. The first-order valence-electron chi connectivity index (χ1n) is 6.65. The summed E-state index contributed by atoms with van der Waals surface area (Å²) < 4.78 is 0. The van der Waals surface area contributed by atoms with Crippen LogP contribution in [0.3, 0.4) is 0 Å². The fraction of sp³-hybridized carbons (Fsp3) is 0.500. The second-order valence-corrected chi connectivity index (χ2v) is 5.45. The molecule has 6 heteroatoms. The van der Waals surface area contributed by atoms with Crippen molar-refractivity contribution in [1.29, 1.82) is 0 Å². The maximum Gasteiger partial charge on any atom is 0.219 e. The van der Waals surface area contributed by atoms with Gasteiger partial charge in [-0.05, 0) is 43.0 Å². The molecule has 0 atom stereocenters. The number of halogens is 1. The molecule has 5 nitrogen and oxygen atoms in total. The molecule has 0 spiro atoms. The van der Waals surface area contributed by atoms with E-state index in [4.69, 9.17) is 22.7 Å². The second kappa shape index (κ2) is 8.09. The lowest BCUT2D eigenvalue weighted by Gasteiger charge is -2.29. The van der Waals surface area contributed by atoms with Gasteiger partial charge in [-0.25, -0.2) is 5.84 Å². The minimum absolute atomic E-state index is 0.229. The number of rotatable bonds is 1. The molecule has 1 fully saturated rings. The fourth-order valence-electron chi connectivity index (χ4n) is 1.92. The Morgan fingerprint density at radius 1 is 1.35 bits per heavy atom. The van der Waals surface area contributed by atoms with Gasteiger partial charge in [-0.15, -0.1) is 0 Å². The normalized spacial score (nSPS) is 15.3. The lowest BCUT2D eigenvalue weighted by atomic mass is 9.99. The number of anilines is 1. The predicted octanol–water partition coefficient (Wildman–Crippen LogP) is 2.67. The van der Waals surface area contributed by atoms with Gasteiger partial charge in [0.2, 0.25) is 5.91 Å². The molecule has 1 aliphatic heterocycles. The highest BCUT2D eigenvalue weighted by atomic mass is 35.5. The first-order valence-corrected chi connectivity index (χ1v) is 7.02. The number of hydrogen-bond acceptors (Lipinski definition) is 4. The molecular formula is C14H22ClN3O2. The summed E-state index contributed by atoms with van der Waals surface area (Å²) in [6.07, 6.45) is 2.36. The Morgan fingerprint density at radius 2 is 1.85 bits per heavy atom. The van der Waals surface area contributed by atoms with Crippen molar-refractivity contribution in [1.82, 2.24) is 4.90 Å². The average molecular weight is 300 g/mol. The number of likely N-dealkylation sites (tertiary alicyclic amines) is 1. The van der Waals surface area contributed by atoms with Crippen LogP contribution < -0.4 is 11.0 Å². The Kier molecular flexibility index (Phi) is 6.78. The van der Waals surface area contributed by atoms with Crippen molar-refractivity contribution in [2.45, 2.75) is 26.7 Å². The highest BCUT2D eigenvalue weighted by Crippen LogP contribution is 2.15. The van der Waals surface area contributed by atoms with Gasteiger partial charge in [-0.1, -0.05) is 18.5 Å². The summed E-state index contributed by atoms with van der Waals surface area (Å²) in [5.41, 5.74) is 0.504. The van der Waals surface area contributed by atoms with E-state index >= 15 is 0 Å². The zero-order chi connectivity index (χ0) is 15.1. The molecule has 0 aliphatic carbocycles. The van der Waals surface area contributed by atoms with E-state index in [0.29, 0.717) is 15.9 Å². The van der Waals surface area contributed by atoms with E-state index in [1.807, 2.05) is 4.90 Å². The highest BCUT2D eigenvalue weighted by Gasteiger charge is 2.16. The molecule has 3 N–H and O–H groups in total. The molecular weight excluding hydrogens is 278 g/mol. The van der Waals surface area contributed by atoms with Crippen LogP contribution in [-0.2, 0) is 4.79 Å². The van der Waals surface area contributed by atoms with Crippen LogP contribution >= 0.6 is 11.6 Å². The van der Waals surface area contributed by atoms with Gasteiger partial charge in [0, 0.05) is 25.0 Å². The molecule has 1 amide bonds. The Labute approximate surface area is 124 Å². The van der Waals surface area contributed by atoms with Crippen LogP contribution in [0.15, 0.2) is 24.3 Å². The highest BCUT2D eigenvalue weighted by molar-refractivity contribution is 6.30. The molecule has 1 aromatic carbocycles. The minimum atomic E-state index is 0.229. The van der Waals surface area contributed by atoms with Gasteiger partial charge in [0.1, 0.15) is 0 Å². The number of carbonyl (C=O) groups is 1. The quantitative estimate of drug-likeness (QED) is 0.618. The molecule has 0 unspecified atom stereocenters. The number of benzene rings is 1. The summed E-state index contributed by atoms with van der Waals surface area (Å²) in [5.74, 6) is 6.05. The maximum atomic E-state index is 10.8. The van der Waals surface area contributed by atoms with Crippen LogP contribution in [-0.4, -0.2) is 29.1 Å². The van der Waals surface area contributed by atoms with Crippen LogP contribution in [0.2, 0.25) is 5.02 Å². The van der Waals surface area contributed by atoms with E-state index in [1.165, 1.54) is 12.8 Å². The van der Waals surface area contributed by atoms with Crippen LogP contribution in [0.25, 0.3) is 0 Å². The molecule has 0 bridgehead atoms. The smallest absolute Gasteiger partial charge is 0.219 e. The molecule has 0 aromatic heterocycles. The zero-order valence-corrected chi connectivity index (χ0v) is 12.7. The third kappa shape index (κ3) is 5.77. The largest absolute Gasteiger partial charge is 0.343 e. The van der Waals surface area contributed by atoms with Crippen molar-refractivity contribution in [2.75, 3.05) is 18.3 Å². The Bertz CT molecular complexity index is 415. The predicted molar refractivity (Wildman–Crippen MR) is 80.6 cm³/mol. The Hall–Kier alpha value is -1.30. The van der Waals surface area contributed by atoms with Gasteiger partial charge in [0.15, 0.2) is 0 Å². The molecule has 1 aromatic rings. The average Bonchev–Trinajstić information content (AvgIpc) is 2.40. The maximum absolute atomic E-state index is 10.8. The summed E-state index contributed by atoms with van der Waals surface area (Å²) >= 11 is 5.58. The van der Waals surface area contributed by atoms with Gasteiger partial charge >= 0.3 is 0 Å². The van der Waals surface area contributed by atoms with Crippen LogP contribution in [0.1, 0.15) is 26.7 Å². The standard InChI is InChI=1S/C8H15NO.C6H7ClN2O/c1-7-3-5-9(6-4-7)8(2)10;7-5-1-3-6(4-2-5)9(8)10/h7H,3-6H2,1-2H3;1-4,10H,8H2.